The van der Waals surface area contributed by atoms with Gasteiger partial charge in [-0.05, 0) is 75.6 Å². The summed E-state index contributed by atoms with van der Waals surface area (Å²) in [5.41, 5.74) is 3.62. The Labute approximate surface area is 242 Å². The van der Waals surface area contributed by atoms with Crippen molar-refractivity contribution in [1.29, 1.82) is 0 Å². The summed E-state index contributed by atoms with van der Waals surface area (Å²) in [6.07, 6.45) is 2.54. The van der Waals surface area contributed by atoms with Crippen molar-refractivity contribution >= 4 is 34.9 Å². The molecule has 0 saturated carbocycles. The molecule has 41 heavy (non-hydrogen) atoms. The Hall–Kier alpha value is -4.21. The lowest BCUT2D eigenvalue weighted by atomic mass is 9.95. The van der Waals surface area contributed by atoms with Gasteiger partial charge in [-0.25, -0.2) is 18.7 Å². The molecule has 0 saturated heterocycles. The summed E-state index contributed by atoms with van der Waals surface area (Å²) < 4.78 is 29.6. The number of halogens is 3. The summed E-state index contributed by atoms with van der Waals surface area (Å²) in [4.78, 5) is 30.3. The van der Waals surface area contributed by atoms with E-state index in [0.29, 0.717) is 51.2 Å². The third-order valence-electron chi connectivity index (χ3n) is 6.80. The van der Waals surface area contributed by atoms with E-state index in [0.717, 1.165) is 13.0 Å². The fourth-order valence-corrected chi connectivity index (χ4v) is 4.87. The molecule has 5 rings (SSSR count). The highest BCUT2D eigenvalue weighted by molar-refractivity contribution is 6.31. The number of hydrogen-bond acceptors (Lipinski definition) is 6. The molecule has 1 aliphatic heterocycles. The molecule has 210 valence electrons. The maximum absolute atomic E-state index is 14.8. The Morgan fingerprint density at radius 1 is 0.976 bits per heavy atom. The average Bonchev–Trinajstić information content (AvgIpc) is 3.09. The minimum Gasteiger partial charge on any atom is -0.342 e. The number of aromatic nitrogens is 2. The summed E-state index contributed by atoms with van der Waals surface area (Å²) in [6.45, 7) is 1.71. The van der Waals surface area contributed by atoms with Crippen molar-refractivity contribution in [2.45, 2.75) is 13.0 Å². The highest BCUT2D eigenvalue weighted by Gasteiger charge is 2.25. The van der Waals surface area contributed by atoms with E-state index in [1.165, 1.54) is 18.2 Å². The first kappa shape index (κ1) is 28.3. The van der Waals surface area contributed by atoms with Gasteiger partial charge in [0.1, 0.15) is 11.6 Å². The normalized spacial score (nSPS) is 12.3. The van der Waals surface area contributed by atoms with Crippen LogP contribution < -0.4 is 5.32 Å². The van der Waals surface area contributed by atoms with E-state index in [2.05, 4.69) is 20.2 Å². The molecule has 7 nitrogen and oxygen atoms in total. The molecule has 0 radical (unpaired) electrons. The van der Waals surface area contributed by atoms with Crippen LogP contribution in [0.15, 0.2) is 71.9 Å². The lowest BCUT2D eigenvalue weighted by molar-refractivity contribution is 0.0790. The Morgan fingerprint density at radius 3 is 2.41 bits per heavy atom. The van der Waals surface area contributed by atoms with Crippen LogP contribution in [0, 0.1) is 11.6 Å². The molecule has 0 fully saturated rings. The van der Waals surface area contributed by atoms with Crippen LogP contribution in [0.1, 0.15) is 33.5 Å². The number of rotatable bonds is 8. The number of carbonyl (C=O) groups is 1. The van der Waals surface area contributed by atoms with Gasteiger partial charge in [-0.15, -0.1) is 0 Å². The zero-order valence-electron chi connectivity index (χ0n) is 23.0. The number of carbonyl (C=O) groups excluding carboxylic acids is 1. The molecule has 1 amide bonds. The minimum absolute atomic E-state index is 0.0473. The molecule has 1 aliphatic rings. The van der Waals surface area contributed by atoms with Crippen LogP contribution in [0.2, 0.25) is 5.02 Å². The summed E-state index contributed by atoms with van der Waals surface area (Å²) in [6, 6.07) is 15.9. The molecule has 0 atom stereocenters. The van der Waals surface area contributed by atoms with Crippen LogP contribution in [0.3, 0.4) is 0 Å². The Kier molecular flexibility index (Phi) is 8.37. The molecule has 2 heterocycles. The number of amides is 1. The van der Waals surface area contributed by atoms with Gasteiger partial charge in [0.25, 0.3) is 5.91 Å². The van der Waals surface area contributed by atoms with Crippen molar-refractivity contribution in [1.82, 2.24) is 19.8 Å². The summed E-state index contributed by atoms with van der Waals surface area (Å²) in [7, 11) is 5.82. The van der Waals surface area contributed by atoms with Crippen LogP contribution in [-0.2, 0) is 6.54 Å². The van der Waals surface area contributed by atoms with E-state index < -0.39 is 11.6 Å². The smallest absolute Gasteiger partial charge is 0.253 e. The van der Waals surface area contributed by atoms with E-state index in [-0.39, 0.29) is 23.7 Å². The number of aliphatic imine (C=N–C) groups is 1. The number of nitrogens with zero attached hydrogens (tertiary/aromatic N) is 5. The average molecular weight is 575 g/mol. The lowest BCUT2D eigenvalue weighted by Crippen LogP contribution is -2.29. The summed E-state index contributed by atoms with van der Waals surface area (Å²) >= 11 is 6.30. The highest BCUT2D eigenvalue weighted by Crippen LogP contribution is 2.34. The number of nitrogens with one attached hydrogen (secondary N) is 1. The SMILES string of the molecule is CN(C)CCCN(C)C(=O)c1ccc(Nc2ncc3c(n2)-c2ccc(Cl)cc2C(c2c(F)cccc2F)=NC3)cc1. The van der Waals surface area contributed by atoms with Crippen molar-refractivity contribution < 1.29 is 13.6 Å². The molecule has 3 aromatic carbocycles. The van der Waals surface area contributed by atoms with Gasteiger partial charge in [-0.2, -0.15) is 0 Å². The van der Waals surface area contributed by atoms with Gasteiger partial charge in [0.15, 0.2) is 0 Å². The molecule has 1 N–H and O–H groups in total. The summed E-state index contributed by atoms with van der Waals surface area (Å²) in [5.74, 6) is -1.15. The molecule has 10 heteroatoms. The third-order valence-corrected chi connectivity index (χ3v) is 7.03. The van der Waals surface area contributed by atoms with Crippen LogP contribution in [-0.4, -0.2) is 65.6 Å². The first-order valence-corrected chi connectivity index (χ1v) is 13.5. The monoisotopic (exact) mass is 574 g/mol. The van der Waals surface area contributed by atoms with Gasteiger partial charge in [-0.3, -0.25) is 9.79 Å². The first-order chi connectivity index (χ1) is 19.7. The van der Waals surface area contributed by atoms with Gasteiger partial charge in [-0.1, -0.05) is 23.7 Å². The summed E-state index contributed by atoms with van der Waals surface area (Å²) in [5, 5.41) is 3.59. The fourth-order valence-electron chi connectivity index (χ4n) is 4.69. The van der Waals surface area contributed by atoms with Gasteiger partial charge >= 0.3 is 0 Å². The number of hydrogen-bond donors (Lipinski definition) is 1. The fraction of sp³-hybridized carbons (Fsp3) is 0.226. The molecule has 0 bridgehead atoms. The topological polar surface area (TPSA) is 73.7 Å². The number of benzene rings is 3. The first-order valence-electron chi connectivity index (χ1n) is 13.1. The molecule has 0 aliphatic carbocycles. The van der Waals surface area contributed by atoms with Gasteiger partial charge < -0.3 is 15.1 Å². The number of anilines is 2. The van der Waals surface area contributed by atoms with Crippen LogP contribution in [0.5, 0.6) is 0 Å². The zero-order chi connectivity index (χ0) is 29.1. The molecular weight excluding hydrogens is 546 g/mol. The minimum atomic E-state index is -0.712. The standard InChI is InChI=1S/C31H29ClF2N6O/c1-39(2)14-5-15-40(3)30(41)19-8-11-22(12-9-19)37-31-36-18-20-17-35-29(27-25(33)6-4-7-26(27)34)24-16-21(32)10-13-23(24)28(20)38-31/h4,6-13,16,18H,5,14-15,17H2,1-3H3,(H,36,37,38). The van der Waals surface area contributed by atoms with Crippen LogP contribution in [0.4, 0.5) is 20.4 Å². The zero-order valence-corrected chi connectivity index (χ0v) is 23.7. The van der Waals surface area contributed by atoms with Gasteiger partial charge in [0, 0.05) is 52.8 Å². The van der Waals surface area contributed by atoms with Crippen molar-refractivity contribution in [2.24, 2.45) is 4.99 Å². The van der Waals surface area contributed by atoms with E-state index in [9.17, 15) is 13.6 Å². The van der Waals surface area contributed by atoms with Crippen LogP contribution in [0.25, 0.3) is 11.3 Å². The molecule has 0 spiro atoms. The third kappa shape index (κ3) is 6.26. The van der Waals surface area contributed by atoms with Gasteiger partial charge in [0.05, 0.1) is 23.5 Å². The lowest BCUT2D eigenvalue weighted by Gasteiger charge is -2.19. The van der Waals surface area contributed by atoms with Gasteiger partial charge in [0.2, 0.25) is 5.95 Å². The van der Waals surface area contributed by atoms with E-state index >= 15 is 0 Å². The Morgan fingerprint density at radius 2 is 1.71 bits per heavy atom. The maximum Gasteiger partial charge on any atom is 0.253 e. The maximum atomic E-state index is 14.8. The molecular formula is C31H29ClF2N6O. The molecule has 4 aromatic rings. The largest absolute Gasteiger partial charge is 0.342 e. The van der Waals surface area contributed by atoms with Crippen molar-refractivity contribution in [3.05, 3.63) is 106 Å². The Balaban J connectivity index is 1.40. The van der Waals surface area contributed by atoms with Crippen molar-refractivity contribution in [2.75, 3.05) is 39.5 Å². The predicted molar refractivity (Wildman–Crippen MR) is 158 cm³/mol. The Bertz CT molecular complexity index is 1600. The molecule has 0 unspecified atom stereocenters. The second-order valence-electron chi connectivity index (χ2n) is 10.1. The molecule has 1 aromatic heterocycles. The quantitative estimate of drug-likeness (QED) is 0.271. The van der Waals surface area contributed by atoms with E-state index in [1.807, 2.05) is 14.1 Å². The van der Waals surface area contributed by atoms with Crippen molar-refractivity contribution in [3.8, 4) is 11.3 Å². The van der Waals surface area contributed by atoms with Crippen LogP contribution >= 0.6 is 11.6 Å². The second-order valence-corrected chi connectivity index (χ2v) is 10.5. The van der Waals surface area contributed by atoms with E-state index in [1.54, 1.807) is 60.6 Å². The highest BCUT2D eigenvalue weighted by atomic mass is 35.5. The predicted octanol–water partition coefficient (Wildman–Crippen LogP) is 6.19. The number of fused-ring (bicyclic) bond motifs is 3. The second kappa shape index (κ2) is 12.1. The van der Waals surface area contributed by atoms with E-state index in [4.69, 9.17) is 16.6 Å². The van der Waals surface area contributed by atoms with Crippen molar-refractivity contribution in [3.63, 3.8) is 0 Å².